The highest BCUT2D eigenvalue weighted by molar-refractivity contribution is 5.81. The SMILES string of the molecule is CCC(N)C(=O)N(CC)Cc1ccccc1C. The highest BCUT2D eigenvalue weighted by atomic mass is 16.2. The van der Waals surface area contributed by atoms with Crippen LogP contribution in [-0.4, -0.2) is 23.4 Å². The molecule has 0 aliphatic carbocycles. The zero-order valence-corrected chi connectivity index (χ0v) is 10.9. The Morgan fingerprint density at radius 3 is 2.53 bits per heavy atom. The number of rotatable bonds is 5. The van der Waals surface area contributed by atoms with Gasteiger partial charge in [-0.3, -0.25) is 4.79 Å². The summed E-state index contributed by atoms with van der Waals surface area (Å²) in [5.74, 6) is 0.0400. The standard InChI is InChI=1S/C14H22N2O/c1-4-13(15)14(17)16(5-2)10-12-9-7-6-8-11(12)3/h6-9,13H,4-5,10,15H2,1-3H3. The van der Waals surface area contributed by atoms with E-state index < -0.39 is 0 Å². The van der Waals surface area contributed by atoms with Gasteiger partial charge in [0.1, 0.15) is 0 Å². The molecule has 1 amide bonds. The molecular formula is C14H22N2O. The molecule has 0 saturated carbocycles. The number of hydrogen-bond donors (Lipinski definition) is 1. The summed E-state index contributed by atoms with van der Waals surface area (Å²) in [7, 11) is 0. The number of aryl methyl sites for hydroxylation is 1. The van der Waals surface area contributed by atoms with Gasteiger partial charge in [-0.25, -0.2) is 0 Å². The first-order valence-electron chi connectivity index (χ1n) is 6.19. The zero-order chi connectivity index (χ0) is 12.8. The maximum absolute atomic E-state index is 12.0. The highest BCUT2D eigenvalue weighted by Crippen LogP contribution is 2.11. The van der Waals surface area contributed by atoms with Crippen molar-refractivity contribution in [3.8, 4) is 0 Å². The van der Waals surface area contributed by atoms with Gasteiger partial charge in [0.15, 0.2) is 0 Å². The summed E-state index contributed by atoms with van der Waals surface area (Å²) in [6, 6.07) is 7.75. The first kappa shape index (κ1) is 13.7. The number of likely N-dealkylation sites (N-methyl/N-ethyl adjacent to an activating group) is 1. The summed E-state index contributed by atoms with van der Waals surface area (Å²) in [4.78, 5) is 13.8. The molecule has 0 bridgehead atoms. The summed E-state index contributed by atoms with van der Waals surface area (Å²) in [6.45, 7) is 7.33. The van der Waals surface area contributed by atoms with Crippen molar-refractivity contribution >= 4 is 5.91 Å². The lowest BCUT2D eigenvalue weighted by atomic mass is 10.1. The van der Waals surface area contributed by atoms with Crippen molar-refractivity contribution < 1.29 is 4.79 Å². The lowest BCUT2D eigenvalue weighted by Gasteiger charge is -2.24. The molecule has 17 heavy (non-hydrogen) atoms. The Morgan fingerprint density at radius 1 is 1.35 bits per heavy atom. The van der Waals surface area contributed by atoms with Crippen LogP contribution in [0.15, 0.2) is 24.3 Å². The lowest BCUT2D eigenvalue weighted by molar-refractivity contribution is -0.133. The summed E-state index contributed by atoms with van der Waals surface area (Å²) >= 11 is 0. The van der Waals surface area contributed by atoms with Gasteiger partial charge in [-0.15, -0.1) is 0 Å². The minimum Gasteiger partial charge on any atom is -0.337 e. The van der Waals surface area contributed by atoms with E-state index in [0.29, 0.717) is 19.5 Å². The second kappa shape index (κ2) is 6.40. The largest absolute Gasteiger partial charge is 0.337 e. The van der Waals surface area contributed by atoms with E-state index in [1.807, 2.05) is 30.9 Å². The van der Waals surface area contributed by atoms with Crippen LogP contribution in [0.1, 0.15) is 31.4 Å². The normalized spacial score (nSPS) is 12.2. The molecule has 1 unspecified atom stereocenters. The van der Waals surface area contributed by atoms with Gasteiger partial charge in [0.25, 0.3) is 0 Å². The van der Waals surface area contributed by atoms with Crippen molar-refractivity contribution in [1.82, 2.24) is 4.90 Å². The van der Waals surface area contributed by atoms with Crippen LogP contribution >= 0.6 is 0 Å². The molecule has 1 atom stereocenters. The summed E-state index contributed by atoms with van der Waals surface area (Å²) in [6.07, 6.45) is 0.684. The fraction of sp³-hybridized carbons (Fsp3) is 0.500. The fourth-order valence-corrected chi connectivity index (χ4v) is 1.75. The predicted octanol–water partition coefficient (Wildman–Crippen LogP) is 2.08. The molecule has 0 aliphatic rings. The van der Waals surface area contributed by atoms with Crippen LogP contribution in [-0.2, 0) is 11.3 Å². The van der Waals surface area contributed by atoms with E-state index in [4.69, 9.17) is 5.73 Å². The molecule has 0 heterocycles. The molecule has 0 aromatic heterocycles. The number of nitrogens with two attached hydrogens (primary N) is 1. The average molecular weight is 234 g/mol. The Morgan fingerprint density at radius 2 is 2.00 bits per heavy atom. The predicted molar refractivity (Wildman–Crippen MR) is 70.5 cm³/mol. The fourth-order valence-electron chi connectivity index (χ4n) is 1.75. The van der Waals surface area contributed by atoms with Crippen LogP contribution in [0.4, 0.5) is 0 Å². The van der Waals surface area contributed by atoms with E-state index in [1.54, 1.807) is 0 Å². The summed E-state index contributed by atoms with van der Waals surface area (Å²) < 4.78 is 0. The number of benzene rings is 1. The molecule has 1 rings (SSSR count). The van der Waals surface area contributed by atoms with E-state index in [2.05, 4.69) is 19.1 Å². The Balaban J connectivity index is 2.77. The van der Waals surface area contributed by atoms with Crippen molar-refractivity contribution in [1.29, 1.82) is 0 Å². The first-order valence-corrected chi connectivity index (χ1v) is 6.19. The quantitative estimate of drug-likeness (QED) is 0.848. The van der Waals surface area contributed by atoms with Crippen LogP contribution in [0, 0.1) is 6.92 Å². The van der Waals surface area contributed by atoms with Crippen LogP contribution in [0.3, 0.4) is 0 Å². The molecule has 1 aromatic carbocycles. The van der Waals surface area contributed by atoms with E-state index in [0.717, 1.165) is 0 Å². The average Bonchev–Trinajstić information content (AvgIpc) is 2.36. The number of carbonyl (C=O) groups is 1. The maximum Gasteiger partial charge on any atom is 0.239 e. The third-order valence-corrected chi connectivity index (χ3v) is 3.07. The second-order valence-corrected chi connectivity index (χ2v) is 4.29. The lowest BCUT2D eigenvalue weighted by Crippen LogP contribution is -2.43. The molecule has 1 aromatic rings. The molecular weight excluding hydrogens is 212 g/mol. The van der Waals surface area contributed by atoms with Gasteiger partial charge in [0.05, 0.1) is 6.04 Å². The van der Waals surface area contributed by atoms with Crippen molar-refractivity contribution in [3.05, 3.63) is 35.4 Å². The number of amides is 1. The third kappa shape index (κ3) is 3.56. The molecule has 0 saturated heterocycles. The monoisotopic (exact) mass is 234 g/mol. The molecule has 2 N–H and O–H groups in total. The Bertz CT molecular complexity index is 376. The molecule has 94 valence electrons. The molecule has 3 heteroatoms. The number of nitrogens with zero attached hydrogens (tertiary/aromatic N) is 1. The molecule has 0 radical (unpaired) electrons. The summed E-state index contributed by atoms with van der Waals surface area (Å²) in [5.41, 5.74) is 8.19. The Labute approximate surface area is 104 Å². The van der Waals surface area contributed by atoms with Crippen molar-refractivity contribution in [2.75, 3.05) is 6.54 Å². The topological polar surface area (TPSA) is 46.3 Å². The van der Waals surface area contributed by atoms with Gasteiger partial charge in [-0.05, 0) is 31.4 Å². The second-order valence-electron chi connectivity index (χ2n) is 4.29. The van der Waals surface area contributed by atoms with Gasteiger partial charge in [0, 0.05) is 13.1 Å². The van der Waals surface area contributed by atoms with Crippen LogP contribution < -0.4 is 5.73 Å². The molecule has 0 fully saturated rings. The third-order valence-electron chi connectivity index (χ3n) is 3.07. The van der Waals surface area contributed by atoms with Gasteiger partial charge in [-0.2, -0.15) is 0 Å². The van der Waals surface area contributed by atoms with Gasteiger partial charge in [-0.1, -0.05) is 31.2 Å². The molecule has 0 aliphatic heterocycles. The Kier molecular flexibility index (Phi) is 5.16. The van der Waals surface area contributed by atoms with Crippen LogP contribution in [0.2, 0.25) is 0 Å². The molecule has 0 spiro atoms. The number of carbonyl (C=O) groups excluding carboxylic acids is 1. The molecule has 3 nitrogen and oxygen atoms in total. The maximum atomic E-state index is 12.0. The zero-order valence-electron chi connectivity index (χ0n) is 10.9. The van der Waals surface area contributed by atoms with Gasteiger partial charge >= 0.3 is 0 Å². The highest BCUT2D eigenvalue weighted by Gasteiger charge is 2.18. The van der Waals surface area contributed by atoms with E-state index in [9.17, 15) is 4.79 Å². The van der Waals surface area contributed by atoms with Gasteiger partial charge in [0.2, 0.25) is 5.91 Å². The van der Waals surface area contributed by atoms with Crippen LogP contribution in [0.5, 0.6) is 0 Å². The minimum absolute atomic E-state index is 0.0400. The minimum atomic E-state index is -0.376. The van der Waals surface area contributed by atoms with Gasteiger partial charge < -0.3 is 10.6 Å². The number of hydrogen-bond acceptors (Lipinski definition) is 2. The van der Waals surface area contributed by atoms with Crippen molar-refractivity contribution in [2.45, 2.75) is 39.8 Å². The summed E-state index contributed by atoms with van der Waals surface area (Å²) in [5, 5.41) is 0. The van der Waals surface area contributed by atoms with E-state index in [1.165, 1.54) is 11.1 Å². The van der Waals surface area contributed by atoms with E-state index in [-0.39, 0.29) is 11.9 Å². The van der Waals surface area contributed by atoms with E-state index >= 15 is 0 Å². The smallest absolute Gasteiger partial charge is 0.239 e. The Hall–Kier alpha value is -1.35. The first-order chi connectivity index (χ1) is 8.10. The van der Waals surface area contributed by atoms with Crippen LogP contribution in [0.25, 0.3) is 0 Å². The van der Waals surface area contributed by atoms with Crippen molar-refractivity contribution in [3.63, 3.8) is 0 Å². The van der Waals surface area contributed by atoms with Crippen molar-refractivity contribution in [2.24, 2.45) is 5.73 Å².